The smallest absolute Gasteiger partial charge is 0.243 e. The number of rotatable bonds is 7. The van der Waals surface area contributed by atoms with Crippen LogP contribution in [0.15, 0.2) is 0 Å². The summed E-state index contributed by atoms with van der Waals surface area (Å²) in [4.78, 5) is 14.7. The van der Waals surface area contributed by atoms with Gasteiger partial charge in [-0.05, 0) is 38.6 Å². The van der Waals surface area contributed by atoms with E-state index in [1.54, 1.807) is 0 Å². The fourth-order valence-corrected chi connectivity index (χ4v) is 3.00. The van der Waals surface area contributed by atoms with Gasteiger partial charge in [-0.25, -0.2) is 0 Å². The first kappa shape index (κ1) is 15.4. The first-order valence-electron chi connectivity index (χ1n) is 7.32. The number of hydrogen-bond donors (Lipinski definition) is 2. The van der Waals surface area contributed by atoms with Crippen LogP contribution in [0.5, 0.6) is 0 Å². The highest BCUT2D eigenvalue weighted by Crippen LogP contribution is 2.27. The Balaban J connectivity index is 2.86. The zero-order chi connectivity index (χ0) is 13.6. The van der Waals surface area contributed by atoms with Crippen LogP contribution in [0.4, 0.5) is 0 Å². The number of nitrogens with zero attached hydrogens (tertiary/aromatic N) is 1. The normalized spacial score (nSPS) is 23.6. The zero-order valence-electron chi connectivity index (χ0n) is 12.0. The predicted molar refractivity (Wildman–Crippen MR) is 73.4 cm³/mol. The molecule has 1 atom stereocenters. The van der Waals surface area contributed by atoms with Gasteiger partial charge in [0.1, 0.15) is 0 Å². The summed E-state index contributed by atoms with van der Waals surface area (Å²) in [5, 5.41) is 12.6. The van der Waals surface area contributed by atoms with E-state index in [2.05, 4.69) is 26.1 Å². The van der Waals surface area contributed by atoms with Gasteiger partial charge in [0.2, 0.25) is 5.91 Å². The Morgan fingerprint density at radius 2 is 2.06 bits per heavy atom. The van der Waals surface area contributed by atoms with Crippen LogP contribution in [0.25, 0.3) is 0 Å². The summed E-state index contributed by atoms with van der Waals surface area (Å²) >= 11 is 0. The molecule has 0 aromatic carbocycles. The van der Waals surface area contributed by atoms with Crippen LogP contribution in [0.3, 0.4) is 0 Å². The third-order valence-corrected chi connectivity index (χ3v) is 4.24. The van der Waals surface area contributed by atoms with E-state index in [4.69, 9.17) is 0 Å². The molecule has 1 saturated heterocycles. The standard InChI is InChI=1S/C14H28N2O2/c1-4-12(5-2)16(10-11-17)13(18)14(6-3)8-7-9-15-14/h12,15,17H,4-11H2,1-3H3. The molecular weight excluding hydrogens is 228 g/mol. The summed E-state index contributed by atoms with van der Waals surface area (Å²) < 4.78 is 0. The van der Waals surface area contributed by atoms with E-state index in [1.807, 2.05) is 4.90 Å². The molecule has 4 nitrogen and oxygen atoms in total. The van der Waals surface area contributed by atoms with Crippen LogP contribution in [0, 0.1) is 0 Å². The van der Waals surface area contributed by atoms with Crippen molar-refractivity contribution in [1.29, 1.82) is 0 Å². The van der Waals surface area contributed by atoms with Crippen LogP contribution in [-0.4, -0.2) is 47.2 Å². The Labute approximate surface area is 111 Å². The SMILES string of the molecule is CCC(CC)N(CCO)C(=O)C1(CC)CCCN1. The molecule has 1 fully saturated rings. The Morgan fingerprint density at radius 1 is 1.39 bits per heavy atom. The quantitative estimate of drug-likeness (QED) is 0.726. The third kappa shape index (κ3) is 3.04. The maximum Gasteiger partial charge on any atom is 0.243 e. The molecule has 1 unspecified atom stereocenters. The van der Waals surface area contributed by atoms with Crippen LogP contribution >= 0.6 is 0 Å². The van der Waals surface area contributed by atoms with Crippen molar-refractivity contribution in [2.75, 3.05) is 19.7 Å². The van der Waals surface area contributed by atoms with Crippen molar-refractivity contribution in [3.8, 4) is 0 Å². The van der Waals surface area contributed by atoms with Crippen LogP contribution in [0.2, 0.25) is 0 Å². The lowest BCUT2D eigenvalue weighted by Gasteiger charge is -2.38. The van der Waals surface area contributed by atoms with E-state index >= 15 is 0 Å². The molecule has 106 valence electrons. The molecule has 18 heavy (non-hydrogen) atoms. The minimum Gasteiger partial charge on any atom is -0.395 e. The highest BCUT2D eigenvalue weighted by Gasteiger charge is 2.42. The van der Waals surface area contributed by atoms with Gasteiger partial charge in [-0.3, -0.25) is 4.79 Å². The van der Waals surface area contributed by atoms with Crippen molar-refractivity contribution in [2.45, 2.75) is 64.5 Å². The van der Waals surface area contributed by atoms with Crippen LogP contribution in [0.1, 0.15) is 52.9 Å². The highest BCUT2D eigenvalue weighted by atomic mass is 16.3. The molecule has 0 aromatic heterocycles. The highest BCUT2D eigenvalue weighted by molar-refractivity contribution is 5.87. The van der Waals surface area contributed by atoms with Gasteiger partial charge in [0.25, 0.3) is 0 Å². The average molecular weight is 256 g/mol. The average Bonchev–Trinajstić information content (AvgIpc) is 2.88. The van der Waals surface area contributed by atoms with E-state index in [-0.39, 0.29) is 24.1 Å². The lowest BCUT2D eigenvalue weighted by molar-refractivity contribution is -0.141. The Hall–Kier alpha value is -0.610. The van der Waals surface area contributed by atoms with Crippen molar-refractivity contribution in [3.63, 3.8) is 0 Å². The van der Waals surface area contributed by atoms with Gasteiger partial charge in [0.15, 0.2) is 0 Å². The van der Waals surface area contributed by atoms with Crippen molar-refractivity contribution >= 4 is 5.91 Å². The predicted octanol–water partition coefficient (Wildman–Crippen LogP) is 1.53. The molecule has 1 heterocycles. The second-order valence-corrected chi connectivity index (χ2v) is 5.16. The fraction of sp³-hybridized carbons (Fsp3) is 0.929. The van der Waals surface area contributed by atoms with Crippen molar-refractivity contribution in [2.24, 2.45) is 0 Å². The van der Waals surface area contributed by atoms with E-state index in [0.717, 1.165) is 38.6 Å². The molecular formula is C14H28N2O2. The second kappa shape index (κ2) is 7.10. The van der Waals surface area contributed by atoms with E-state index < -0.39 is 0 Å². The molecule has 0 aliphatic carbocycles. The summed E-state index contributed by atoms with van der Waals surface area (Å²) in [5.41, 5.74) is -0.377. The summed E-state index contributed by atoms with van der Waals surface area (Å²) in [7, 11) is 0. The summed E-state index contributed by atoms with van der Waals surface area (Å²) in [5.74, 6) is 0.185. The molecule has 2 N–H and O–H groups in total. The number of carbonyl (C=O) groups excluding carboxylic acids is 1. The number of aliphatic hydroxyl groups excluding tert-OH is 1. The van der Waals surface area contributed by atoms with E-state index in [1.165, 1.54) is 0 Å². The minimum atomic E-state index is -0.377. The molecule has 0 saturated carbocycles. The number of nitrogens with one attached hydrogen (secondary N) is 1. The van der Waals surface area contributed by atoms with Gasteiger partial charge in [-0.2, -0.15) is 0 Å². The molecule has 1 rings (SSSR count). The van der Waals surface area contributed by atoms with Crippen LogP contribution < -0.4 is 5.32 Å². The van der Waals surface area contributed by atoms with Crippen molar-refractivity contribution in [1.82, 2.24) is 10.2 Å². The third-order valence-electron chi connectivity index (χ3n) is 4.24. The summed E-state index contributed by atoms with van der Waals surface area (Å²) in [6.07, 6.45) is 4.71. The van der Waals surface area contributed by atoms with Gasteiger partial charge < -0.3 is 15.3 Å². The Kier molecular flexibility index (Phi) is 6.09. The molecule has 1 aliphatic heterocycles. The number of hydrogen-bond acceptors (Lipinski definition) is 3. The maximum absolute atomic E-state index is 12.8. The summed E-state index contributed by atoms with van der Waals surface area (Å²) in [6, 6.07) is 0.246. The second-order valence-electron chi connectivity index (χ2n) is 5.16. The molecule has 4 heteroatoms. The topological polar surface area (TPSA) is 52.6 Å². The number of aliphatic hydroxyl groups is 1. The molecule has 0 spiro atoms. The molecule has 0 radical (unpaired) electrons. The van der Waals surface area contributed by atoms with E-state index in [9.17, 15) is 9.90 Å². The molecule has 0 bridgehead atoms. The molecule has 0 aromatic rings. The fourth-order valence-electron chi connectivity index (χ4n) is 3.00. The Bertz CT molecular complexity index is 259. The van der Waals surface area contributed by atoms with E-state index in [0.29, 0.717) is 6.54 Å². The van der Waals surface area contributed by atoms with Crippen LogP contribution in [-0.2, 0) is 4.79 Å². The molecule has 1 aliphatic rings. The maximum atomic E-state index is 12.8. The number of carbonyl (C=O) groups is 1. The lowest BCUT2D eigenvalue weighted by atomic mass is 9.91. The monoisotopic (exact) mass is 256 g/mol. The lowest BCUT2D eigenvalue weighted by Crippen LogP contribution is -2.57. The largest absolute Gasteiger partial charge is 0.395 e. The zero-order valence-corrected chi connectivity index (χ0v) is 12.0. The van der Waals surface area contributed by atoms with Gasteiger partial charge in [0, 0.05) is 12.6 Å². The minimum absolute atomic E-state index is 0.0437. The van der Waals surface area contributed by atoms with Crippen molar-refractivity contribution in [3.05, 3.63) is 0 Å². The van der Waals surface area contributed by atoms with Gasteiger partial charge in [0.05, 0.1) is 12.1 Å². The molecule has 1 amide bonds. The van der Waals surface area contributed by atoms with Gasteiger partial charge in [-0.1, -0.05) is 20.8 Å². The first-order chi connectivity index (χ1) is 8.65. The van der Waals surface area contributed by atoms with Crippen molar-refractivity contribution < 1.29 is 9.90 Å². The Morgan fingerprint density at radius 3 is 2.44 bits per heavy atom. The number of amides is 1. The van der Waals surface area contributed by atoms with Gasteiger partial charge >= 0.3 is 0 Å². The first-order valence-corrected chi connectivity index (χ1v) is 7.32. The van der Waals surface area contributed by atoms with Gasteiger partial charge in [-0.15, -0.1) is 0 Å². The summed E-state index contributed by atoms with van der Waals surface area (Å²) in [6.45, 7) is 7.70.